The third kappa shape index (κ3) is 5.68. The van der Waals surface area contributed by atoms with E-state index in [4.69, 9.17) is 18.9 Å². The zero-order valence-corrected chi connectivity index (χ0v) is 16.7. The number of rotatable bonds is 10. The first-order valence-corrected chi connectivity index (χ1v) is 9.51. The summed E-state index contributed by atoms with van der Waals surface area (Å²) in [4.78, 5) is 15.4. The molecule has 0 radical (unpaired) electrons. The highest BCUT2D eigenvalue weighted by molar-refractivity contribution is 5.90. The van der Waals surface area contributed by atoms with Gasteiger partial charge in [0.15, 0.2) is 5.76 Å². The van der Waals surface area contributed by atoms with Crippen LogP contribution in [0, 0.1) is 0 Å². The van der Waals surface area contributed by atoms with E-state index in [-0.39, 0.29) is 0 Å². The Labute approximate surface area is 170 Å². The molecule has 0 bridgehead atoms. The molecular weight excluding hydrogens is 370 g/mol. The fourth-order valence-corrected chi connectivity index (χ4v) is 3.08. The number of methoxy groups -OCH3 is 1. The Bertz CT molecular complexity index is 886. The van der Waals surface area contributed by atoms with Gasteiger partial charge in [0.05, 0.1) is 30.7 Å². The number of carbonyl (C=O) groups excluding carboxylic acids is 1. The van der Waals surface area contributed by atoms with Gasteiger partial charge in [-0.15, -0.1) is 0 Å². The van der Waals surface area contributed by atoms with Gasteiger partial charge in [0.1, 0.15) is 18.1 Å². The molecule has 3 rings (SSSR count). The molecular formula is C23H25NO5. The van der Waals surface area contributed by atoms with Crippen LogP contribution >= 0.6 is 0 Å². The van der Waals surface area contributed by atoms with Gasteiger partial charge in [-0.3, -0.25) is 9.79 Å². The number of aliphatic imine (C=N–C) groups is 1. The van der Waals surface area contributed by atoms with Crippen molar-refractivity contribution >= 4 is 17.9 Å². The molecule has 1 aliphatic heterocycles. The van der Waals surface area contributed by atoms with Crippen LogP contribution in [0.5, 0.6) is 11.5 Å². The van der Waals surface area contributed by atoms with Gasteiger partial charge in [0.25, 0.3) is 6.47 Å². The van der Waals surface area contributed by atoms with Crippen LogP contribution in [0.1, 0.15) is 30.9 Å². The summed E-state index contributed by atoms with van der Waals surface area (Å²) >= 11 is 0. The predicted molar refractivity (Wildman–Crippen MR) is 111 cm³/mol. The molecule has 29 heavy (non-hydrogen) atoms. The van der Waals surface area contributed by atoms with Crippen LogP contribution in [-0.2, 0) is 20.9 Å². The summed E-state index contributed by atoms with van der Waals surface area (Å²) in [6, 6.07) is 15.1. The maximum atomic E-state index is 10.7. The monoisotopic (exact) mass is 395 g/mol. The normalized spacial score (nSPS) is 13.5. The number of carbonyl (C=O) groups is 1. The topological polar surface area (TPSA) is 66.3 Å². The highest BCUT2D eigenvalue weighted by Gasteiger charge is 2.18. The van der Waals surface area contributed by atoms with E-state index >= 15 is 0 Å². The molecule has 2 aromatic rings. The molecule has 0 atom stereocenters. The number of hydrogen-bond donors (Lipinski definition) is 0. The van der Waals surface area contributed by atoms with E-state index in [1.165, 1.54) is 0 Å². The number of allylic oxidation sites excluding steroid dienone is 1. The maximum absolute atomic E-state index is 10.7. The Morgan fingerprint density at radius 1 is 1.14 bits per heavy atom. The molecule has 0 N–H and O–H groups in total. The van der Waals surface area contributed by atoms with Crippen LogP contribution in [0.2, 0.25) is 0 Å². The van der Waals surface area contributed by atoms with Gasteiger partial charge in [-0.1, -0.05) is 24.3 Å². The van der Waals surface area contributed by atoms with E-state index < -0.39 is 0 Å². The lowest BCUT2D eigenvalue weighted by atomic mass is 10.1. The number of para-hydroxylation sites is 1. The molecule has 6 heteroatoms. The van der Waals surface area contributed by atoms with E-state index in [1.807, 2.05) is 49.4 Å². The zero-order chi connectivity index (χ0) is 20.5. The molecule has 0 aliphatic carbocycles. The first kappa shape index (κ1) is 20.6. The van der Waals surface area contributed by atoms with Crippen LogP contribution in [0.15, 0.2) is 59.2 Å². The Kier molecular flexibility index (Phi) is 7.41. The summed E-state index contributed by atoms with van der Waals surface area (Å²) in [6.07, 6.45) is 1.67. The Hall–Kier alpha value is -3.12. The van der Waals surface area contributed by atoms with Gasteiger partial charge < -0.3 is 18.9 Å². The van der Waals surface area contributed by atoms with E-state index in [9.17, 15) is 4.79 Å². The molecule has 0 saturated heterocycles. The Balaban J connectivity index is 1.50. The maximum Gasteiger partial charge on any atom is 0.298 e. The van der Waals surface area contributed by atoms with Gasteiger partial charge >= 0.3 is 0 Å². The fourth-order valence-electron chi connectivity index (χ4n) is 3.08. The molecule has 1 aliphatic rings. The van der Waals surface area contributed by atoms with Crippen LogP contribution in [0.4, 0.5) is 0 Å². The zero-order valence-electron chi connectivity index (χ0n) is 16.7. The lowest BCUT2D eigenvalue weighted by molar-refractivity contribution is -0.120. The molecule has 0 unspecified atom stereocenters. The molecule has 0 saturated carbocycles. The second kappa shape index (κ2) is 10.4. The molecule has 152 valence electrons. The second-order valence-electron chi connectivity index (χ2n) is 6.60. The molecule has 0 amide bonds. The molecule has 6 nitrogen and oxygen atoms in total. The first-order chi connectivity index (χ1) is 14.2. The predicted octanol–water partition coefficient (Wildman–Crippen LogP) is 4.39. The fraction of sp³-hybridized carbons (Fsp3) is 0.304. The molecule has 0 spiro atoms. The third-order valence-electron chi connectivity index (χ3n) is 4.53. The van der Waals surface area contributed by atoms with Crippen LogP contribution in [0.3, 0.4) is 0 Å². The van der Waals surface area contributed by atoms with Gasteiger partial charge in [-0.05, 0) is 49.6 Å². The van der Waals surface area contributed by atoms with Gasteiger partial charge in [-0.25, -0.2) is 0 Å². The summed E-state index contributed by atoms with van der Waals surface area (Å²) in [5.41, 5.74) is 3.59. The highest BCUT2D eigenvalue weighted by Crippen LogP contribution is 2.31. The van der Waals surface area contributed by atoms with Gasteiger partial charge in [0.2, 0.25) is 0 Å². The summed E-state index contributed by atoms with van der Waals surface area (Å²) in [7, 11) is 1.65. The molecule has 1 heterocycles. The van der Waals surface area contributed by atoms with Crippen molar-refractivity contribution in [1.82, 2.24) is 0 Å². The minimum atomic E-state index is 0.415. The summed E-state index contributed by atoms with van der Waals surface area (Å²) < 4.78 is 21.9. The van der Waals surface area contributed by atoms with Crippen molar-refractivity contribution in [3.8, 4) is 11.5 Å². The van der Waals surface area contributed by atoms with Crippen molar-refractivity contribution in [3.63, 3.8) is 0 Å². The largest absolute Gasteiger partial charge is 0.497 e. The molecule has 0 aromatic heterocycles. The average molecular weight is 395 g/mol. The number of benzene rings is 2. The summed E-state index contributed by atoms with van der Waals surface area (Å²) in [6.45, 7) is 3.95. The van der Waals surface area contributed by atoms with Crippen molar-refractivity contribution in [3.05, 3.63) is 65.4 Å². The SMILES string of the molecule is COc1ccc(COCCCC2=NC(C)=C(c3ccccc3OC=O)OC2)cc1. The molecule has 2 aromatic carbocycles. The van der Waals surface area contributed by atoms with E-state index in [0.29, 0.717) is 37.8 Å². The highest BCUT2D eigenvalue weighted by atomic mass is 16.5. The van der Waals surface area contributed by atoms with Crippen LogP contribution < -0.4 is 9.47 Å². The van der Waals surface area contributed by atoms with Crippen LogP contribution in [0.25, 0.3) is 5.76 Å². The molecule has 0 fully saturated rings. The van der Waals surface area contributed by atoms with Crippen molar-refractivity contribution in [1.29, 1.82) is 0 Å². The van der Waals surface area contributed by atoms with Gasteiger partial charge in [-0.2, -0.15) is 0 Å². The summed E-state index contributed by atoms with van der Waals surface area (Å²) in [5.74, 6) is 1.94. The Morgan fingerprint density at radius 3 is 2.66 bits per heavy atom. The first-order valence-electron chi connectivity index (χ1n) is 9.51. The van der Waals surface area contributed by atoms with Crippen molar-refractivity contribution in [2.45, 2.75) is 26.4 Å². The van der Waals surface area contributed by atoms with Crippen LogP contribution in [-0.4, -0.2) is 32.5 Å². The quantitative estimate of drug-likeness (QED) is 0.441. The number of ether oxygens (including phenoxy) is 4. The lowest BCUT2D eigenvalue weighted by Gasteiger charge is -2.20. The van der Waals surface area contributed by atoms with E-state index in [1.54, 1.807) is 13.2 Å². The van der Waals surface area contributed by atoms with Gasteiger partial charge in [0, 0.05) is 6.61 Å². The van der Waals surface area contributed by atoms with Crippen molar-refractivity contribution in [2.75, 3.05) is 20.3 Å². The van der Waals surface area contributed by atoms with E-state index in [2.05, 4.69) is 4.99 Å². The third-order valence-corrected chi connectivity index (χ3v) is 4.53. The standard InChI is InChI=1S/C23H25NO5/c1-17-23(21-7-3-4-8-22(21)29-16-25)28-15-19(24-17)6-5-13-27-14-18-9-11-20(26-2)12-10-18/h3-4,7-12,16H,5-6,13-15H2,1-2H3. The Morgan fingerprint density at radius 2 is 1.93 bits per heavy atom. The summed E-state index contributed by atoms with van der Waals surface area (Å²) in [5, 5.41) is 0. The average Bonchev–Trinajstić information content (AvgIpc) is 2.75. The minimum Gasteiger partial charge on any atom is -0.497 e. The van der Waals surface area contributed by atoms with Crippen molar-refractivity contribution < 1.29 is 23.7 Å². The lowest BCUT2D eigenvalue weighted by Crippen LogP contribution is -2.15. The minimum absolute atomic E-state index is 0.415. The number of nitrogens with zero attached hydrogens (tertiary/aromatic N) is 1. The number of hydrogen-bond acceptors (Lipinski definition) is 6. The smallest absolute Gasteiger partial charge is 0.298 e. The second-order valence-corrected chi connectivity index (χ2v) is 6.60. The van der Waals surface area contributed by atoms with E-state index in [0.717, 1.165) is 41.1 Å². The van der Waals surface area contributed by atoms with Crippen molar-refractivity contribution in [2.24, 2.45) is 4.99 Å².